The molecule has 0 spiro atoms. The van der Waals surface area contributed by atoms with Gasteiger partial charge in [0, 0.05) is 24.8 Å². The number of hydrogen-bond acceptors (Lipinski definition) is 6. The van der Waals surface area contributed by atoms with E-state index < -0.39 is 11.5 Å². The number of aromatic amines is 1. The second kappa shape index (κ2) is 10.8. The molecule has 202 valence electrons. The number of ether oxygens (including phenoxy) is 2. The molecule has 0 saturated carbocycles. The molecule has 1 aliphatic rings. The Hall–Kier alpha value is -4.40. The fourth-order valence-electron chi connectivity index (χ4n) is 4.72. The number of H-pyrrole nitrogens is 1. The molecule has 3 N–H and O–H groups in total. The monoisotopic (exact) mass is 527 g/mol. The van der Waals surface area contributed by atoms with E-state index >= 15 is 0 Å². The van der Waals surface area contributed by atoms with Crippen LogP contribution in [-0.4, -0.2) is 50.5 Å². The van der Waals surface area contributed by atoms with Gasteiger partial charge in [0.15, 0.2) is 5.65 Å². The summed E-state index contributed by atoms with van der Waals surface area (Å²) in [6, 6.07) is 17.0. The quantitative estimate of drug-likeness (QED) is 0.345. The van der Waals surface area contributed by atoms with Gasteiger partial charge in [-0.3, -0.25) is 4.79 Å². The highest BCUT2D eigenvalue weighted by molar-refractivity contribution is 5.97. The first-order valence-corrected chi connectivity index (χ1v) is 13.1. The number of piperidine rings is 1. The third-order valence-electron chi connectivity index (χ3n) is 6.73. The summed E-state index contributed by atoms with van der Waals surface area (Å²) in [4.78, 5) is 39.0. The number of hydrogen-bond donors (Lipinski definition) is 2. The van der Waals surface area contributed by atoms with Crippen molar-refractivity contribution in [2.45, 2.75) is 51.7 Å². The van der Waals surface area contributed by atoms with Gasteiger partial charge in [0.1, 0.15) is 29.3 Å². The van der Waals surface area contributed by atoms with E-state index in [1.54, 1.807) is 17.0 Å². The zero-order valence-corrected chi connectivity index (χ0v) is 22.4. The van der Waals surface area contributed by atoms with Crippen molar-refractivity contribution in [3.8, 4) is 17.1 Å². The van der Waals surface area contributed by atoms with E-state index in [-0.39, 0.29) is 17.6 Å². The van der Waals surface area contributed by atoms with E-state index in [1.165, 1.54) is 0 Å². The lowest BCUT2D eigenvalue weighted by Gasteiger charge is -2.33. The Balaban J connectivity index is 1.30. The number of carbonyl (C=O) groups is 2. The van der Waals surface area contributed by atoms with Crippen molar-refractivity contribution in [1.29, 1.82) is 0 Å². The Bertz CT molecular complexity index is 1480. The molecule has 2 aromatic carbocycles. The molecule has 39 heavy (non-hydrogen) atoms. The van der Waals surface area contributed by atoms with Crippen LogP contribution in [0.15, 0.2) is 60.8 Å². The van der Waals surface area contributed by atoms with Crippen LogP contribution in [0.2, 0.25) is 0 Å². The number of amides is 2. The topological polar surface area (TPSA) is 123 Å². The molecule has 5 rings (SSSR count). The van der Waals surface area contributed by atoms with Crippen LogP contribution in [0.5, 0.6) is 5.75 Å². The Kier molecular flexibility index (Phi) is 7.24. The van der Waals surface area contributed by atoms with E-state index in [0.29, 0.717) is 42.5 Å². The van der Waals surface area contributed by atoms with Gasteiger partial charge < -0.3 is 25.1 Å². The summed E-state index contributed by atoms with van der Waals surface area (Å²) < 4.78 is 11.4. The molecule has 2 amide bonds. The molecule has 1 aliphatic heterocycles. The molecule has 0 radical (unpaired) electrons. The highest BCUT2D eigenvalue weighted by Gasteiger charge is 2.28. The van der Waals surface area contributed by atoms with Gasteiger partial charge in [-0.15, -0.1) is 0 Å². The summed E-state index contributed by atoms with van der Waals surface area (Å²) in [6.07, 6.45) is 3.26. The molecule has 0 bridgehead atoms. The largest absolute Gasteiger partial charge is 0.488 e. The van der Waals surface area contributed by atoms with Gasteiger partial charge in [0.25, 0.3) is 5.91 Å². The van der Waals surface area contributed by atoms with Gasteiger partial charge in [0.2, 0.25) is 0 Å². The summed E-state index contributed by atoms with van der Waals surface area (Å²) in [5.74, 6) is 0.716. The van der Waals surface area contributed by atoms with E-state index in [1.807, 2.05) is 69.4 Å². The van der Waals surface area contributed by atoms with Crippen LogP contribution >= 0.6 is 0 Å². The molecule has 0 unspecified atom stereocenters. The number of rotatable bonds is 6. The lowest BCUT2D eigenvalue weighted by Crippen LogP contribution is -2.41. The predicted molar refractivity (Wildman–Crippen MR) is 148 cm³/mol. The van der Waals surface area contributed by atoms with Gasteiger partial charge >= 0.3 is 6.09 Å². The van der Waals surface area contributed by atoms with E-state index in [0.717, 1.165) is 29.5 Å². The predicted octanol–water partition coefficient (Wildman–Crippen LogP) is 5.42. The number of benzene rings is 2. The molecular formula is C30H33N5O4. The minimum atomic E-state index is -0.575. The van der Waals surface area contributed by atoms with Crippen LogP contribution < -0.4 is 10.5 Å². The standard InChI is InChI=1S/C30H33N5O4/c1-30(2,3)39-29(37)35-13-11-20(12-14-35)22-16-24-28(32-17-22)34-27(33-24)21-9-10-25(23(15-21)26(31)36)38-18-19-7-5-4-6-8-19/h4-10,15-17,20H,11-14,18H2,1-3H3,(H2,31,36)(H,32,33,34). The molecule has 4 aromatic rings. The summed E-state index contributed by atoms with van der Waals surface area (Å²) in [5, 5.41) is 0. The lowest BCUT2D eigenvalue weighted by atomic mass is 9.90. The number of fused-ring (bicyclic) bond motifs is 1. The summed E-state index contributed by atoms with van der Waals surface area (Å²) >= 11 is 0. The van der Waals surface area contributed by atoms with Crippen LogP contribution in [0.25, 0.3) is 22.6 Å². The first-order valence-electron chi connectivity index (χ1n) is 13.1. The number of likely N-dealkylation sites (tertiary alicyclic amines) is 1. The van der Waals surface area contributed by atoms with Crippen molar-refractivity contribution in [3.05, 3.63) is 77.5 Å². The minimum Gasteiger partial charge on any atom is -0.488 e. The SMILES string of the molecule is CC(C)(C)OC(=O)N1CCC(c2cnc3[nH]c(-c4ccc(OCc5ccccc5)c(C(N)=O)c4)nc3c2)CC1. The van der Waals surface area contributed by atoms with Crippen LogP contribution in [0, 0.1) is 0 Å². The number of nitrogens with one attached hydrogen (secondary N) is 1. The van der Waals surface area contributed by atoms with Crippen molar-refractivity contribution in [2.24, 2.45) is 5.73 Å². The average molecular weight is 528 g/mol. The number of imidazole rings is 1. The van der Waals surface area contributed by atoms with E-state index in [2.05, 4.69) is 9.97 Å². The molecule has 0 aliphatic carbocycles. The maximum Gasteiger partial charge on any atom is 0.410 e. The minimum absolute atomic E-state index is 0.265. The zero-order chi connectivity index (χ0) is 27.6. The number of carbonyl (C=O) groups excluding carboxylic acids is 2. The molecule has 0 atom stereocenters. The van der Waals surface area contributed by atoms with Gasteiger partial charge in [0.05, 0.1) is 5.56 Å². The van der Waals surface area contributed by atoms with E-state index in [9.17, 15) is 9.59 Å². The molecule has 9 heteroatoms. The number of pyridine rings is 1. The van der Waals surface area contributed by atoms with Crippen molar-refractivity contribution in [2.75, 3.05) is 13.1 Å². The molecular weight excluding hydrogens is 494 g/mol. The Morgan fingerprint density at radius 2 is 1.82 bits per heavy atom. The third kappa shape index (κ3) is 6.19. The Morgan fingerprint density at radius 3 is 2.51 bits per heavy atom. The van der Waals surface area contributed by atoms with Gasteiger partial charge in [-0.2, -0.15) is 0 Å². The van der Waals surface area contributed by atoms with Crippen LogP contribution in [-0.2, 0) is 11.3 Å². The van der Waals surface area contributed by atoms with Crippen molar-refractivity contribution < 1.29 is 19.1 Å². The maximum atomic E-state index is 12.4. The van der Waals surface area contributed by atoms with Crippen molar-refractivity contribution in [3.63, 3.8) is 0 Å². The van der Waals surface area contributed by atoms with Crippen LogP contribution in [0.3, 0.4) is 0 Å². The maximum absolute atomic E-state index is 12.4. The Labute approximate surface area is 227 Å². The fourth-order valence-corrected chi connectivity index (χ4v) is 4.72. The fraction of sp³-hybridized carbons (Fsp3) is 0.333. The Morgan fingerprint density at radius 1 is 1.08 bits per heavy atom. The van der Waals surface area contributed by atoms with Crippen LogP contribution in [0.1, 0.15) is 61.0 Å². The molecule has 9 nitrogen and oxygen atoms in total. The zero-order valence-electron chi connectivity index (χ0n) is 22.4. The van der Waals surface area contributed by atoms with E-state index in [4.69, 9.17) is 20.2 Å². The summed E-state index contributed by atoms with van der Waals surface area (Å²) in [7, 11) is 0. The summed E-state index contributed by atoms with van der Waals surface area (Å²) in [6.45, 7) is 7.23. The van der Waals surface area contributed by atoms with Crippen molar-refractivity contribution in [1.82, 2.24) is 19.9 Å². The van der Waals surface area contributed by atoms with Gasteiger partial charge in [-0.25, -0.2) is 14.8 Å². The average Bonchev–Trinajstić information content (AvgIpc) is 3.35. The number of primary amides is 1. The normalized spacial score (nSPS) is 14.4. The second-order valence-corrected chi connectivity index (χ2v) is 10.8. The first-order chi connectivity index (χ1) is 18.7. The number of nitrogens with zero attached hydrogens (tertiary/aromatic N) is 3. The number of nitrogens with two attached hydrogens (primary N) is 1. The van der Waals surface area contributed by atoms with Gasteiger partial charge in [-0.1, -0.05) is 30.3 Å². The highest BCUT2D eigenvalue weighted by atomic mass is 16.6. The molecule has 2 aromatic heterocycles. The van der Waals surface area contributed by atoms with Crippen LogP contribution in [0.4, 0.5) is 4.79 Å². The molecule has 1 saturated heterocycles. The molecule has 1 fully saturated rings. The third-order valence-corrected chi connectivity index (χ3v) is 6.73. The molecule has 3 heterocycles. The van der Waals surface area contributed by atoms with Gasteiger partial charge in [-0.05, 0) is 74.9 Å². The highest BCUT2D eigenvalue weighted by Crippen LogP contribution is 2.31. The summed E-state index contributed by atoms with van der Waals surface area (Å²) in [5.41, 5.74) is 9.64. The smallest absolute Gasteiger partial charge is 0.410 e. The van der Waals surface area contributed by atoms with Crippen molar-refractivity contribution >= 4 is 23.2 Å². The first kappa shape index (κ1) is 26.2. The lowest BCUT2D eigenvalue weighted by molar-refractivity contribution is 0.0204. The second-order valence-electron chi connectivity index (χ2n) is 10.8. The number of aromatic nitrogens is 3.